The number of rotatable bonds is 5. The van der Waals surface area contributed by atoms with Crippen LogP contribution in [0.5, 0.6) is 0 Å². The van der Waals surface area contributed by atoms with Crippen molar-refractivity contribution >= 4 is 0 Å². The summed E-state index contributed by atoms with van der Waals surface area (Å²) in [5.74, 6) is 1.66. The van der Waals surface area contributed by atoms with E-state index >= 15 is 0 Å². The molecule has 1 saturated carbocycles. The Morgan fingerprint density at radius 2 is 2.00 bits per heavy atom. The van der Waals surface area contributed by atoms with E-state index in [4.69, 9.17) is 5.73 Å². The molecule has 1 unspecified atom stereocenters. The Balaban J connectivity index is 1.90. The summed E-state index contributed by atoms with van der Waals surface area (Å²) in [6.45, 7) is 4.46. The molecule has 2 N–H and O–H groups in total. The van der Waals surface area contributed by atoms with Gasteiger partial charge in [0.25, 0.3) is 0 Å². The van der Waals surface area contributed by atoms with Crippen molar-refractivity contribution < 1.29 is 0 Å². The zero-order valence-electron chi connectivity index (χ0n) is 12.7. The zero-order valence-corrected chi connectivity index (χ0v) is 12.7. The second kappa shape index (κ2) is 6.56. The van der Waals surface area contributed by atoms with Crippen molar-refractivity contribution in [2.45, 2.75) is 64.8 Å². The minimum absolute atomic E-state index is 0.304. The molecule has 0 amide bonds. The van der Waals surface area contributed by atoms with Gasteiger partial charge >= 0.3 is 0 Å². The normalized spacial score (nSPS) is 25.5. The first-order valence-electron chi connectivity index (χ1n) is 7.91. The Bertz CT molecular complexity index is 389. The average molecular weight is 263 g/mol. The van der Waals surface area contributed by atoms with E-state index in [-0.39, 0.29) is 0 Å². The van der Waals surface area contributed by atoms with Crippen LogP contribution in [0.4, 0.5) is 0 Å². The van der Waals surface area contributed by atoms with Gasteiger partial charge in [-0.15, -0.1) is 0 Å². The van der Waals surface area contributed by atoms with Crippen LogP contribution in [-0.2, 0) is 19.9 Å². The molecule has 19 heavy (non-hydrogen) atoms. The van der Waals surface area contributed by atoms with Crippen molar-refractivity contribution in [1.82, 2.24) is 9.78 Å². The number of hydrogen-bond acceptors (Lipinski definition) is 2. The van der Waals surface area contributed by atoms with Crippen molar-refractivity contribution in [2.24, 2.45) is 24.6 Å². The topological polar surface area (TPSA) is 43.8 Å². The fraction of sp³-hybridized carbons (Fsp3) is 0.812. The van der Waals surface area contributed by atoms with Gasteiger partial charge in [0.05, 0.1) is 5.69 Å². The maximum absolute atomic E-state index is 6.45. The molecule has 1 aliphatic carbocycles. The molecule has 1 atom stereocenters. The Hall–Kier alpha value is -0.830. The number of aromatic nitrogens is 2. The average Bonchev–Trinajstić information content (AvgIpc) is 2.79. The van der Waals surface area contributed by atoms with E-state index in [0.29, 0.717) is 12.0 Å². The highest BCUT2D eigenvalue weighted by Gasteiger charge is 2.25. The number of aryl methyl sites for hydroxylation is 2. The maximum atomic E-state index is 6.45. The minimum atomic E-state index is 0.304. The van der Waals surface area contributed by atoms with Crippen LogP contribution in [0.3, 0.4) is 0 Å². The Labute approximate surface area is 117 Å². The van der Waals surface area contributed by atoms with Gasteiger partial charge in [-0.3, -0.25) is 4.68 Å². The molecule has 0 spiro atoms. The van der Waals surface area contributed by atoms with Crippen molar-refractivity contribution in [1.29, 1.82) is 0 Å². The molecule has 3 heteroatoms. The maximum Gasteiger partial charge on any atom is 0.0624 e. The first kappa shape index (κ1) is 14.6. The molecule has 0 bridgehead atoms. The van der Waals surface area contributed by atoms with E-state index in [1.807, 2.05) is 11.7 Å². The van der Waals surface area contributed by atoms with Crippen LogP contribution < -0.4 is 5.73 Å². The second-order valence-electron chi connectivity index (χ2n) is 6.16. The molecule has 0 saturated heterocycles. The summed E-state index contributed by atoms with van der Waals surface area (Å²) in [5.41, 5.74) is 8.92. The number of hydrogen-bond donors (Lipinski definition) is 1. The van der Waals surface area contributed by atoms with Gasteiger partial charge in [0.15, 0.2) is 0 Å². The molecule has 2 rings (SSSR count). The van der Waals surface area contributed by atoms with Crippen LogP contribution in [0.2, 0.25) is 0 Å². The van der Waals surface area contributed by atoms with Crippen molar-refractivity contribution in [3.63, 3.8) is 0 Å². The van der Waals surface area contributed by atoms with Gasteiger partial charge in [-0.25, -0.2) is 0 Å². The third-order valence-electron chi connectivity index (χ3n) is 4.91. The van der Waals surface area contributed by atoms with Gasteiger partial charge in [0.2, 0.25) is 0 Å². The fourth-order valence-electron chi connectivity index (χ4n) is 3.37. The first-order valence-corrected chi connectivity index (χ1v) is 7.91. The van der Waals surface area contributed by atoms with Crippen LogP contribution in [0.1, 0.15) is 57.3 Å². The van der Waals surface area contributed by atoms with E-state index in [2.05, 4.69) is 25.0 Å². The molecule has 1 heterocycles. The number of nitrogens with two attached hydrogens (primary N) is 1. The lowest BCUT2D eigenvalue weighted by molar-refractivity contribution is 0.236. The van der Waals surface area contributed by atoms with Crippen LogP contribution in [0.25, 0.3) is 0 Å². The van der Waals surface area contributed by atoms with Crippen molar-refractivity contribution in [3.05, 3.63) is 17.5 Å². The van der Waals surface area contributed by atoms with E-state index in [1.165, 1.54) is 43.5 Å². The predicted molar refractivity (Wildman–Crippen MR) is 80.0 cm³/mol. The summed E-state index contributed by atoms with van der Waals surface area (Å²) in [5, 5.41) is 4.51. The van der Waals surface area contributed by atoms with E-state index in [1.54, 1.807) is 0 Å². The van der Waals surface area contributed by atoms with Gasteiger partial charge in [-0.1, -0.05) is 33.1 Å². The summed E-state index contributed by atoms with van der Waals surface area (Å²) in [7, 11) is 2.04. The van der Waals surface area contributed by atoms with Gasteiger partial charge in [-0.05, 0) is 37.2 Å². The highest BCUT2D eigenvalue weighted by molar-refractivity contribution is 5.11. The standard InChI is InChI=1S/C16H29N3/c1-4-12-6-8-13(9-7-12)16(17)11-15-10-14(5-2)18-19(15)3/h10,12-13,16H,4-9,11,17H2,1-3H3. The number of nitrogens with zero attached hydrogens (tertiary/aromatic N) is 2. The lowest BCUT2D eigenvalue weighted by Crippen LogP contribution is -2.35. The summed E-state index contributed by atoms with van der Waals surface area (Å²) < 4.78 is 2.01. The fourth-order valence-corrected chi connectivity index (χ4v) is 3.37. The molecule has 1 fully saturated rings. The van der Waals surface area contributed by atoms with Crippen LogP contribution >= 0.6 is 0 Å². The molecule has 0 radical (unpaired) electrons. The molecule has 0 aromatic carbocycles. The third kappa shape index (κ3) is 3.59. The van der Waals surface area contributed by atoms with Gasteiger partial charge in [0.1, 0.15) is 0 Å². The van der Waals surface area contributed by atoms with E-state index < -0.39 is 0 Å². The van der Waals surface area contributed by atoms with Crippen LogP contribution in [-0.4, -0.2) is 15.8 Å². The van der Waals surface area contributed by atoms with Crippen LogP contribution in [0, 0.1) is 11.8 Å². The molecule has 1 aromatic heterocycles. The largest absolute Gasteiger partial charge is 0.327 e. The molecule has 108 valence electrons. The molecular formula is C16H29N3. The summed E-state index contributed by atoms with van der Waals surface area (Å²) in [6, 6.07) is 2.52. The lowest BCUT2D eigenvalue weighted by atomic mass is 9.77. The highest BCUT2D eigenvalue weighted by Crippen LogP contribution is 2.32. The minimum Gasteiger partial charge on any atom is -0.327 e. The Kier molecular flexibility index (Phi) is 5.03. The zero-order chi connectivity index (χ0) is 13.8. The van der Waals surface area contributed by atoms with Crippen molar-refractivity contribution in [2.75, 3.05) is 0 Å². The molecule has 1 aliphatic rings. The van der Waals surface area contributed by atoms with E-state index in [9.17, 15) is 0 Å². The highest BCUT2D eigenvalue weighted by atomic mass is 15.3. The van der Waals surface area contributed by atoms with Gasteiger partial charge < -0.3 is 5.73 Å². The second-order valence-corrected chi connectivity index (χ2v) is 6.16. The third-order valence-corrected chi connectivity index (χ3v) is 4.91. The summed E-state index contributed by atoms with van der Waals surface area (Å²) in [4.78, 5) is 0. The van der Waals surface area contributed by atoms with Crippen molar-refractivity contribution in [3.8, 4) is 0 Å². The molecule has 3 nitrogen and oxygen atoms in total. The Morgan fingerprint density at radius 3 is 2.53 bits per heavy atom. The van der Waals surface area contributed by atoms with Gasteiger partial charge in [-0.2, -0.15) is 5.10 Å². The van der Waals surface area contributed by atoms with Crippen LogP contribution in [0.15, 0.2) is 6.07 Å². The predicted octanol–water partition coefficient (Wildman–Crippen LogP) is 3.07. The SMILES string of the molecule is CCc1cc(CC(N)C2CCC(CC)CC2)n(C)n1. The van der Waals surface area contributed by atoms with E-state index in [0.717, 1.165) is 18.8 Å². The molecule has 1 aromatic rings. The smallest absolute Gasteiger partial charge is 0.0624 e. The molecular weight excluding hydrogens is 234 g/mol. The van der Waals surface area contributed by atoms with Gasteiger partial charge in [0, 0.05) is 25.2 Å². The lowest BCUT2D eigenvalue weighted by Gasteiger charge is -2.31. The summed E-state index contributed by atoms with van der Waals surface area (Å²) in [6.07, 6.45) is 8.70. The summed E-state index contributed by atoms with van der Waals surface area (Å²) >= 11 is 0. The monoisotopic (exact) mass is 263 g/mol. The first-order chi connectivity index (χ1) is 9.13. The molecule has 0 aliphatic heterocycles. The Morgan fingerprint density at radius 1 is 1.32 bits per heavy atom. The quantitative estimate of drug-likeness (QED) is 0.887.